The molecule has 0 amide bonds. The second kappa shape index (κ2) is 10.2. The summed E-state index contributed by atoms with van der Waals surface area (Å²) in [6, 6.07) is 3.74. The Bertz CT molecular complexity index is 662. The van der Waals surface area contributed by atoms with Crippen LogP contribution in [0.2, 0.25) is 0 Å². The van der Waals surface area contributed by atoms with Crippen molar-refractivity contribution in [2.45, 2.75) is 43.0 Å². The standard InChI is InChI=1S/C17H30N4O3S2/c1-3-18-17(19-11-14-7-5-9-21(14)4-2)20-12-15(22)13-26(23,24)16-8-6-10-25-16/h6,8,10,14-15,22H,3-5,7,9,11-13H2,1-2H3,(H2,18,19,20). The Morgan fingerprint density at radius 1 is 1.46 bits per heavy atom. The molecule has 1 aromatic heterocycles. The summed E-state index contributed by atoms with van der Waals surface area (Å²) in [5, 5.41) is 18.3. The molecule has 1 aromatic rings. The summed E-state index contributed by atoms with van der Waals surface area (Å²) in [6.45, 7) is 7.86. The topological polar surface area (TPSA) is 94.0 Å². The van der Waals surface area contributed by atoms with Crippen LogP contribution in [0.1, 0.15) is 26.7 Å². The molecule has 1 saturated heterocycles. The van der Waals surface area contributed by atoms with Crippen LogP contribution in [0, 0.1) is 0 Å². The van der Waals surface area contributed by atoms with Crippen LogP contribution in [0.4, 0.5) is 0 Å². The zero-order chi connectivity index (χ0) is 19.0. The van der Waals surface area contributed by atoms with Gasteiger partial charge in [0, 0.05) is 19.1 Å². The molecule has 1 aliphatic heterocycles. The lowest BCUT2D eigenvalue weighted by molar-refractivity contribution is 0.206. The summed E-state index contributed by atoms with van der Waals surface area (Å²) < 4.78 is 24.7. The van der Waals surface area contributed by atoms with Crippen LogP contribution in [-0.4, -0.2) is 75.0 Å². The SMILES string of the molecule is CCNC(=NCC(O)CS(=O)(=O)c1cccs1)NCC1CCCN1CC. The van der Waals surface area contributed by atoms with Gasteiger partial charge in [0.25, 0.3) is 0 Å². The molecule has 0 spiro atoms. The van der Waals surface area contributed by atoms with Gasteiger partial charge in [-0.1, -0.05) is 13.0 Å². The number of aliphatic hydroxyl groups is 1. The molecule has 0 saturated carbocycles. The van der Waals surface area contributed by atoms with E-state index in [9.17, 15) is 13.5 Å². The smallest absolute Gasteiger partial charge is 0.191 e. The Morgan fingerprint density at radius 3 is 2.92 bits per heavy atom. The molecule has 148 valence electrons. The van der Waals surface area contributed by atoms with Gasteiger partial charge >= 0.3 is 0 Å². The predicted molar refractivity (Wildman–Crippen MR) is 107 cm³/mol. The minimum absolute atomic E-state index is 0.0437. The van der Waals surface area contributed by atoms with Crippen molar-refractivity contribution in [2.24, 2.45) is 4.99 Å². The van der Waals surface area contributed by atoms with Gasteiger partial charge < -0.3 is 15.7 Å². The maximum Gasteiger partial charge on any atom is 0.191 e. The van der Waals surface area contributed by atoms with Crippen LogP contribution < -0.4 is 10.6 Å². The van der Waals surface area contributed by atoms with Gasteiger partial charge in [-0.2, -0.15) is 0 Å². The quantitative estimate of drug-likeness (QED) is 0.420. The van der Waals surface area contributed by atoms with Crippen LogP contribution in [0.5, 0.6) is 0 Å². The molecule has 2 rings (SSSR count). The highest BCUT2D eigenvalue weighted by Gasteiger charge is 2.23. The van der Waals surface area contributed by atoms with Crippen molar-refractivity contribution in [2.75, 3.05) is 38.5 Å². The van der Waals surface area contributed by atoms with Crippen LogP contribution in [0.25, 0.3) is 0 Å². The second-order valence-corrected chi connectivity index (χ2v) is 9.60. The third kappa shape index (κ3) is 6.22. The minimum atomic E-state index is -3.46. The van der Waals surface area contributed by atoms with E-state index in [-0.39, 0.29) is 16.5 Å². The highest BCUT2D eigenvalue weighted by atomic mass is 32.2. The Labute approximate surface area is 160 Å². The summed E-state index contributed by atoms with van der Waals surface area (Å²) in [4.78, 5) is 6.80. The van der Waals surface area contributed by atoms with Gasteiger partial charge in [-0.25, -0.2) is 8.42 Å². The van der Waals surface area contributed by atoms with Crippen LogP contribution in [0.15, 0.2) is 26.7 Å². The van der Waals surface area contributed by atoms with Gasteiger partial charge in [-0.15, -0.1) is 11.3 Å². The Balaban J connectivity index is 1.87. The van der Waals surface area contributed by atoms with Gasteiger partial charge in [0.05, 0.1) is 18.4 Å². The Hall–Kier alpha value is -1.16. The molecule has 2 heterocycles. The second-order valence-electron chi connectivity index (χ2n) is 6.39. The third-order valence-corrected chi connectivity index (χ3v) is 7.71. The summed E-state index contributed by atoms with van der Waals surface area (Å²) in [5.74, 6) is 0.297. The fourth-order valence-corrected chi connectivity index (χ4v) is 5.59. The molecule has 3 N–H and O–H groups in total. The van der Waals surface area contributed by atoms with Gasteiger partial charge in [0.1, 0.15) is 4.21 Å². The Morgan fingerprint density at radius 2 is 2.27 bits per heavy atom. The molecule has 0 radical (unpaired) electrons. The van der Waals surface area contributed by atoms with Crippen molar-refractivity contribution in [1.82, 2.24) is 15.5 Å². The number of hydrogen-bond donors (Lipinski definition) is 3. The number of aliphatic imine (C=N–C) groups is 1. The predicted octanol–water partition coefficient (Wildman–Crippen LogP) is 0.922. The molecule has 0 aliphatic carbocycles. The number of hydrogen-bond acceptors (Lipinski definition) is 6. The van der Waals surface area contributed by atoms with Crippen molar-refractivity contribution in [3.05, 3.63) is 17.5 Å². The molecule has 0 bridgehead atoms. The lowest BCUT2D eigenvalue weighted by Gasteiger charge is -2.24. The molecule has 26 heavy (non-hydrogen) atoms. The van der Waals surface area contributed by atoms with Gasteiger partial charge in [0.2, 0.25) is 0 Å². The molecule has 2 atom stereocenters. The number of nitrogens with one attached hydrogen (secondary N) is 2. The number of aliphatic hydroxyl groups excluding tert-OH is 1. The third-order valence-electron chi connectivity index (χ3n) is 4.43. The normalized spacial score (nSPS) is 20.3. The zero-order valence-corrected chi connectivity index (χ0v) is 17.2. The van der Waals surface area contributed by atoms with Crippen LogP contribution >= 0.6 is 11.3 Å². The summed E-state index contributed by atoms with van der Waals surface area (Å²) in [7, 11) is -3.46. The molecule has 9 heteroatoms. The van der Waals surface area contributed by atoms with Crippen molar-refractivity contribution in [1.29, 1.82) is 0 Å². The maximum atomic E-state index is 12.2. The maximum absolute atomic E-state index is 12.2. The molecule has 1 fully saturated rings. The number of likely N-dealkylation sites (tertiary alicyclic amines) is 1. The first-order chi connectivity index (χ1) is 12.5. The lowest BCUT2D eigenvalue weighted by Crippen LogP contribution is -2.45. The minimum Gasteiger partial charge on any atom is -0.390 e. The molecular weight excluding hydrogens is 372 g/mol. The number of likely N-dealkylation sites (N-methyl/N-ethyl adjacent to an activating group) is 1. The number of guanidine groups is 1. The van der Waals surface area contributed by atoms with Crippen molar-refractivity contribution in [3.63, 3.8) is 0 Å². The van der Waals surface area contributed by atoms with Crippen molar-refractivity contribution >= 4 is 27.1 Å². The van der Waals surface area contributed by atoms with E-state index in [1.54, 1.807) is 17.5 Å². The lowest BCUT2D eigenvalue weighted by atomic mass is 10.2. The highest BCUT2D eigenvalue weighted by molar-refractivity contribution is 7.93. The van der Waals surface area contributed by atoms with Crippen molar-refractivity contribution < 1.29 is 13.5 Å². The zero-order valence-electron chi connectivity index (χ0n) is 15.5. The monoisotopic (exact) mass is 402 g/mol. The van der Waals surface area contributed by atoms with E-state index >= 15 is 0 Å². The molecule has 2 unspecified atom stereocenters. The van der Waals surface area contributed by atoms with Gasteiger partial charge in [-0.05, 0) is 44.3 Å². The van der Waals surface area contributed by atoms with E-state index in [1.807, 2.05) is 6.92 Å². The summed E-state index contributed by atoms with van der Waals surface area (Å²) >= 11 is 1.16. The average Bonchev–Trinajstić information content (AvgIpc) is 3.28. The van der Waals surface area contributed by atoms with E-state index in [0.717, 1.165) is 31.0 Å². The summed E-state index contributed by atoms with van der Waals surface area (Å²) in [5.41, 5.74) is 0. The fraction of sp³-hybridized carbons (Fsp3) is 0.706. The highest BCUT2D eigenvalue weighted by Crippen LogP contribution is 2.18. The molecule has 0 aromatic carbocycles. The largest absolute Gasteiger partial charge is 0.390 e. The van der Waals surface area contributed by atoms with Crippen LogP contribution in [-0.2, 0) is 9.84 Å². The number of rotatable bonds is 9. The molecule has 7 nitrogen and oxygen atoms in total. The van der Waals surface area contributed by atoms with Gasteiger partial charge in [-0.3, -0.25) is 9.89 Å². The van der Waals surface area contributed by atoms with Crippen molar-refractivity contribution in [3.8, 4) is 0 Å². The van der Waals surface area contributed by atoms with Crippen LogP contribution in [0.3, 0.4) is 0 Å². The molecular formula is C17H30N4O3S2. The van der Waals surface area contributed by atoms with E-state index in [4.69, 9.17) is 0 Å². The van der Waals surface area contributed by atoms with E-state index in [0.29, 0.717) is 18.5 Å². The number of thiophene rings is 1. The summed E-state index contributed by atoms with van der Waals surface area (Å²) in [6.07, 6.45) is 1.35. The van der Waals surface area contributed by atoms with E-state index < -0.39 is 15.9 Å². The fourth-order valence-electron chi connectivity index (χ4n) is 3.12. The van der Waals surface area contributed by atoms with Gasteiger partial charge in [0.15, 0.2) is 15.8 Å². The first kappa shape index (κ1) is 21.1. The first-order valence-corrected chi connectivity index (χ1v) is 11.7. The Kier molecular flexibility index (Phi) is 8.33. The average molecular weight is 403 g/mol. The van der Waals surface area contributed by atoms with E-state index in [2.05, 4.69) is 27.4 Å². The molecule has 1 aliphatic rings. The number of sulfone groups is 1. The first-order valence-electron chi connectivity index (χ1n) is 9.16. The van der Waals surface area contributed by atoms with E-state index in [1.165, 1.54) is 12.8 Å². The number of nitrogens with zero attached hydrogens (tertiary/aromatic N) is 2.